The van der Waals surface area contributed by atoms with Crippen molar-refractivity contribution in [2.75, 3.05) is 13.7 Å². The van der Waals surface area contributed by atoms with E-state index in [0.29, 0.717) is 0 Å². The van der Waals surface area contributed by atoms with Gasteiger partial charge in [-0.15, -0.1) is 0 Å². The van der Waals surface area contributed by atoms with E-state index in [-0.39, 0.29) is 0 Å². The Morgan fingerprint density at radius 1 is 1.26 bits per heavy atom. The van der Waals surface area contributed by atoms with Crippen molar-refractivity contribution in [3.05, 3.63) is 29.8 Å². The SMILES string of the molecule is CCCNC1CCCC(Cc2ccccc2OC)C1. The molecule has 0 aromatic heterocycles. The third-order valence-electron chi connectivity index (χ3n) is 4.17. The fraction of sp³-hybridized carbons (Fsp3) is 0.647. The number of hydrogen-bond acceptors (Lipinski definition) is 2. The van der Waals surface area contributed by atoms with Crippen LogP contribution in [0.2, 0.25) is 0 Å². The Kier molecular flexibility index (Phi) is 5.71. The molecule has 0 aliphatic heterocycles. The zero-order valence-electron chi connectivity index (χ0n) is 12.3. The second kappa shape index (κ2) is 7.54. The first-order chi connectivity index (χ1) is 9.33. The molecule has 1 aliphatic rings. The Morgan fingerprint density at radius 2 is 2.11 bits per heavy atom. The molecular weight excluding hydrogens is 234 g/mol. The van der Waals surface area contributed by atoms with E-state index >= 15 is 0 Å². The average Bonchev–Trinajstić information content (AvgIpc) is 2.46. The van der Waals surface area contributed by atoms with Crippen LogP contribution in [0.1, 0.15) is 44.6 Å². The van der Waals surface area contributed by atoms with E-state index in [9.17, 15) is 0 Å². The van der Waals surface area contributed by atoms with Gasteiger partial charge in [-0.1, -0.05) is 38.0 Å². The van der Waals surface area contributed by atoms with Gasteiger partial charge in [-0.3, -0.25) is 0 Å². The second-order valence-corrected chi connectivity index (χ2v) is 5.70. The molecule has 1 aliphatic carbocycles. The number of methoxy groups -OCH3 is 1. The van der Waals surface area contributed by atoms with Gasteiger partial charge in [0.25, 0.3) is 0 Å². The topological polar surface area (TPSA) is 21.3 Å². The lowest BCUT2D eigenvalue weighted by Gasteiger charge is -2.30. The van der Waals surface area contributed by atoms with E-state index in [1.807, 2.05) is 0 Å². The van der Waals surface area contributed by atoms with Crippen LogP contribution in [0.3, 0.4) is 0 Å². The van der Waals surface area contributed by atoms with E-state index in [4.69, 9.17) is 4.74 Å². The highest BCUT2D eigenvalue weighted by molar-refractivity contribution is 5.33. The minimum Gasteiger partial charge on any atom is -0.496 e. The molecule has 1 saturated carbocycles. The number of ether oxygens (including phenoxy) is 1. The third-order valence-corrected chi connectivity index (χ3v) is 4.17. The molecule has 0 heterocycles. The highest BCUT2D eigenvalue weighted by Gasteiger charge is 2.22. The van der Waals surface area contributed by atoms with Crippen molar-refractivity contribution in [2.24, 2.45) is 5.92 Å². The predicted octanol–water partition coefficient (Wildman–Crippen LogP) is 3.80. The number of benzene rings is 1. The first-order valence-electron chi connectivity index (χ1n) is 7.68. The van der Waals surface area contributed by atoms with Crippen LogP contribution in [0.15, 0.2) is 24.3 Å². The van der Waals surface area contributed by atoms with Crippen LogP contribution < -0.4 is 10.1 Å². The summed E-state index contributed by atoms with van der Waals surface area (Å²) in [6.45, 7) is 3.40. The number of nitrogens with one attached hydrogen (secondary N) is 1. The van der Waals surface area contributed by atoms with Crippen molar-refractivity contribution in [2.45, 2.75) is 51.5 Å². The summed E-state index contributed by atoms with van der Waals surface area (Å²) >= 11 is 0. The minimum atomic E-state index is 0.730. The largest absolute Gasteiger partial charge is 0.496 e. The van der Waals surface area contributed by atoms with E-state index in [1.165, 1.54) is 37.7 Å². The lowest BCUT2D eigenvalue weighted by atomic mass is 9.82. The summed E-state index contributed by atoms with van der Waals surface area (Å²) in [5.74, 6) is 1.85. The average molecular weight is 261 g/mol. The molecule has 2 nitrogen and oxygen atoms in total. The summed E-state index contributed by atoms with van der Waals surface area (Å²) in [5.41, 5.74) is 1.37. The summed E-state index contributed by atoms with van der Waals surface area (Å²) in [6.07, 6.45) is 7.78. The predicted molar refractivity (Wildman–Crippen MR) is 80.7 cm³/mol. The molecule has 1 fully saturated rings. The Balaban J connectivity index is 1.91. The summed E-state index contributed by atoms with van der Waals surface area (Å²) in [6, 6.07) is 9.18. The van der Waals surface area contributed by atoms with Crippen LogP contribution in [0.4, 0.5) is 0 Å². The molecule has 2 unspecified atom stereocenters. The zero-order chi connectivity index (χ0) is 13.5. The van der Waals surface area contributed by atoms with Gasteiger partial charge in [0.1, 0.15) is 5.75 Å². The maximum absolute atomic E-state index is 5.46. The molecule has 0 bridgehead atoms. The smallest absolute Gasteiger partial charge is 0.122 e. The highest BCUT2D eigenvalue weighted by atomic mass is 16.5. The van der Waals surface area contributed by atoms with Crippen molar-refractivity contribution in [3.63, 3.8) is 0 Å². The van der Waals surface area contributed by atoms with Crippen LogP contribution in [-0.4, -0.2) is 19.7 Å². The van der Waals surface area contributed by atoms with Crippen molar-refractivity contribution in [1.82, 2.24) is 5.32 Å². The van der Waals surface area contributed by atoms with E-state index in [0.717, 1.165) is 30.7 Å². The van der Waals surface area contributed by atoms with Crippen LogP contribution in [0, 0.1) is 5.92 Å². The van der Waals surface area contributed by atoms with Gasteiger partial charge in [-0.25, -0.2) is 0 Å². The standard InChI is InChI=1S/C17H27NO/c1-3-11-18-16-9-6-7-14(13-16)12-15-8-4-5-10-17(15)19-2/h4-5,8,10,14,16,18H,3,6-7,9,11-13H2,1-2H3. The van der Waals surface area contributed by atoms with Gasteiger partial charge in [0.15, 0.2) is 0 Å². The van der Waals surface area contributed by atoms with Gasteiger partial charge in [0.2, 0.25) is 0 Å². The van der Waals surface area contributed by atoms with Crippen molar-refractivity contribution < 1.29 is 4.74 Å². The van der Waals surface area contributed by atoms with Gasteiger partial charge in [0.05, 0.1) is 7.11 Å². The fourth-order valence-electron chi connectivity index (χ4n) is 3.19. The van der Waals surface area contributed by atoms with Gasteiger partial charge in [0, 0.05) is 6.04 Å². The minimum absolute atomic E-state index is 0.730. The monoisotopic (exact) mass is 261 g/mol. The quantitative estimate of drug-likeness (QED) is 0.841. The fourth-order valence-corrected chi connectivity index (χ4v) is 3.19. The van der Waals surface area contributed by atoms with Crippen LogP contribution in [-0.2, 0) is 6.42 Å². The summed E-state index contributed by atoms with van der Waals surface area (Å²) in [7, 11) is 1.77. The molecule has 19 heavy (non-hydrogen) atoms. The van der Waals surface area contributed by atoms with Crippen molar-refractivity contribution >= 4 is 0 Å². The van der Waals surface area contributed by atoms with Gasteiger partial charge in [-0.05, 0) is 49.8 Å². The van der Waals surface area contributed by atoms with Crippen molar-refractivity contribution in [1.29, 1.82) is 0 Å². The van der Waals surface area contributed by atoms with E-state index < -0.39 is 0 Å². The normalized spacial score (nSPS) is 23.3. The number of hydrogen-bond donors (Lipinski definition) is 1. The number of para-hydroxylation sites is 1. The Morgan fingerprint density at radius 3 is 2.89 bits per heavy atom. The van der Waals surface area contributed by atoms with Gasteiger partial charge < -0.3 is 10.1 Å². The molecule has 1 aromatic carbocycles. The molecule has 1 N–H and O–H groups in total. The molecule has 0 saturated heterocycles. The first kappa shape index (κ1) is 14.4. The first-order valence-corrected chi connectivity index (χ1v) is 7.68. The van der Waals surface area contributed by atoms with Crippen LogP contribution in [0.5, 0.6) is 5.75 Å². The molecule has 2 heteroatoms. The Labute approximate surface area is 117 Å². The zero-order valence-corrected chi connectivity index (χ0v) is 12.3. The summed E-state index contributed by atoms with van der Waals surface area (Å²) in [5, 5.41) is 3.68. The molecular formula is C17H27NO. The number of rotatable bonds is 6. The summed E-state index contributed by atoms with van der Waals surface area (Å²) < 4.78 is 5.46. The molecule has 2 atom stereocenters. The van der Waals surface area contributed by atoms with Crippen molar-refractivity contribution in [3.8, 4) is 5.75 Å². The van der Waals surface area contributed by atoms with Gasteiger partial charge >= 0.3 is 0 Å². The molecule has 1 aromatic rings. The Hall–Kier alpha value is -1.02. The third kappa shape index (κ3) is 4.24. The van der Waals surface area contributed by atoms with E-state index in [2.05, 4.69) is 36.5 Å². The maximum atomic E-state index is 5.46. The molecule has 0 spiro atoms. The maximum Gasteiger partial charge on any atom is 0.122 e. The molecule has 0 amide bonds. The lowest BCUT2D eigenvalue weighted by molar-refractivity contribution is 0.282. The lowest BCUT2D eigenvalue weighted by Crippen LogP contribution is -2.35. The second-order valence-electron chi connectivity index (χ2n) is 5.70. The van der Waals surface area contributed by atoms with Crippen LogP contribution >= 0.6 is 0 Å². The van der Waals surface area contributed by atoms with E-state index in [1.54, 1.807) is 7.11 Å². The summed E-state index contributed by atoms with van der Waals surface area (Å²) in [4.78, 5) is 0. The molecule has 2 rings (SSSR count). The Bertz CT molecular complexity index is 377. The van der Waals surface area contributed by atoms with Crippen LogP contribution in [0.25, 0.3) is 0 Å². The molecule has 106 valence electrons. The highest BCUT2D eigenvalue weighted by Crippen LogP contribution is 2.30. The molecule has 0 radical (unpaired) electrons. The van der Waals surface area contributed by atoms with Gasteiger partial charge in [-0.2, -0.15) is 0 Å².